The molecule has 1 saturated heterocycles. The third-order valence-corrected chi connectivity index (χ3v) is 7.04. The Hall–Kier alpha value is -4.20. The number of hydrogen-bond acceptors (Lipinski definition) is 9. The minimum absolute atomic E-state index is 0.0545. The van der Waals surface area contributed by atoms with Crippen molar-refractivity contribution in [1.82, 2.24) is 39.2 Å². The standard InChI is InChI=1S/C27H33F3N10O/c1-27(2,3)20-11-21(37-40(20)16-5-9-39(15-16)10-6-28)35-26-36-25-23(38(26)4)22(24(29)30)19(14-34-25)41-18(12-31)17-13-32-7-8-33-17/h7-8,11-14,16,24H,5-6,9-10,15,31H2,1-4H3,(H,34,35,36,37)/b18-12+/t16-/m1/s1. The molecule has 0 aromatic carbocycles. The van der Waals surface area contributed by atoms with Gasteiger partial charge in [-0.3, -0.25) is 14.6 Å². The van der Waals surface area contributed by atoms with Crippen LogP contribution in [0.3, 0.4) is 0 Å². The lowest BCUT2D eigenvalue weighted by Gasteiger charge is -2.23. The molecule has 3 N–H and O–H groups in total. The maximum absolute atomic E-state index is 14.5. The van der Waals surface area contributed by atoms with E-state index in [-0.39, 0.29) is 58.0 Å². The van der Waals surface area contributed by atoms with Crippen LogP contribution in [0.25, 0.3) is 16.9 Å². The number of imidazole rings is 1. The lowest BCUT2D eigenvalue weighted by Crippen LogP contribution is -2.26. The van der Waals surface area contributed by atoms with E-state index >= 15 is 0 Å². The second-order valence-corrected chi connectivity index (χ2v) is 10.9. The van der Waals surface area contributed by atoms with Crippen molar-refractivity contribution < 1.29 is 17.9 Å². The van der Waals surface area contributed by atoms with Gasteiger partial charge in [-0.15, -0.1) is 0 Å². The zero-order valence-electron chi connectivity index (χ0n) is 23.4. The van der Waals surface area contributed by atoms with Gasteiger partial charge in [0.25, 0.3) is 6.43 Å². The SMILES string of the molecule is Cn1c(Nc2cc(C(C)(C)C)n([C@@H]3CCN(CCF)C3)n2)nc2ncc(O/C(=C/N)c3cnccn3)c(C(F)F)c21. The van der Waals surface area contributed by atoms with Crippen molar-refractivity contribution in [2.45, 2.75) is 45.1 Å². The molecule has 0 unspecified atom stereocenters. The summed E-state index contributed by atoms with van der Waals surface area (Å²) in [4.78, 5) is 18.9. The molecule has 1 aliphatic heterocycles. The van der Waals surface area contributed by atoms with Crippen molar-refractivity contribution in [2.75, 3.05) is 31.6 Å². The van der Waals surface area contributed by atoms with Crippen molar-refractivity contribution in [3.63, 3.8) is 0 Å². The summed E-state index contributed by atoms with van der Waals surface area (Å²) >= 11 is 0. The van der Waals surface area contributed by atoms with Gasteiger partial charge < -0.3 is 20.4 Å². The number of rotatable bonds is 9. The average Bonchev–Trinajstić information content (AvgIpc) is 3.66. The number of nitrogens with zero attached hydrogens (tertiary/aromatic N) is 8. The molecule has 4 aromatic heterocycles. The topological polar surface area (TPSA) is 125 Å². The molecule has 1 atom stereocenters. The van der Waals surface area contributed by atoms with E-state index in [9.17, 15) is 13.2 Å². The average molecular weight is 571 g/mol. The number of aromatic nitrogens is 7. The summed E-state index contributed by atoms with van der Waals surface area (Å²) in [6.07, 6.45) is 4.60. The van der Waals surface area contributed by atoms with Crippen molar-refractivity contribution in [2.24, 2.45) is 12.8 Å². The van der Waals surface area contributed by atoms with E-state index in [1.807, 2.05) is 10.7 Å². The van der Waals surface area contributed by atoms with Gasteiger partial charge in [-0.25, -0.2) is 23.1 Å². The smallest absolute Gasteiger partial charge is 0.269 e. The minimum atomic E-state index is -2.90. The van der Waals surface area contributed by atoms with Crippen LogP contribution in [-0.2, 0) is 12.5 Å². The molecule has 0 saturated carbocycles. The quantitative estimate of drug-likeness (QED) is 0.280. The van der Waals surface area contributed by atoms with Crippen molar-refractivity contribution >= 4 is 28.7 Å². The predicted molar refractivity (Wildman–Crippen MR) is 149 cm³/mol. The largest absolute Gasteiger partial charge is 0.451 e. The summed E-state index contributed by atoms with van der Waals surface area (Å²) < 4.78 is 51.1. The highest BCUT2D eigenvalue weighted by Crippen LogP contribution is 2.38. The maximum Gasteiger partial charge on any atom is 0.269 e. The number of nitrogens with one attached hydrogen (secondary N) is 1. The number of ether oxygens (including phenoxy) is 1. The number of hydrogen-bond donors (Lipinski definition) is 2. The molecule has 11 nitrogen and oxygen atoms in total. The number of halogens is 3. The number of aryl methyl sites for hydroxylation is 1. The number of anilines is 2. The Bertz CT molecular complexity index is 1540. The number of fused-ring (bicyclic) bond motifs is 1. The molecule has 41 heavy (non-hydrogen) atoms. The van der Waals surface area contributed by atoms with Crippen molar-refractivity contribution in [3.05, 3.63) is 54.0 Å². The monoisotopic (exact) mass is 570 g/mol. The maximum atomic E-state index is 14.5. The van der Waals surface area contributed by atoms with Gasteiger partial charge >= 0.3 is 0 Å². The molecule has 0 amide bonds. The molecule has 5 rings (SSSR count). The van der Waals surface area contributed by atoms with Gasteiger partial charge in [0, 0.05) is 62.5 Å². The van der Waals surface area contributed by atoms with Gasteiger partial charge in [-0.1, -0.05) is 20.8 Å². The fraction of sp³-hybridized carbons (Fsp3) is 0.444. The lowest BCUT2D eigenvalue weighted by molar-refractivity contribution is 0.149. The zero-order chi connectivity index (χ0) is 29.3. The first-order valence-corrected chi connectivity index (χ1v) is 13.3. The van der Waals surface area contributed by atoms with Gasteiger partial charge in [0.2, 0.25) is 5.95 Å². The first-order chi connectivity index (χ1) is 19.6. The molecule has 0 radical (unpaired) electrons. The van der Waals surface area contributed by atoms with E-state index < -0.39 is 6.43 Å². The molecular weight excluding hydrogens is 537 g/mol. The van der Waals surface area contributed by atoms with Gasteiger partial charge in [0.05, 0.1) is 24.0 Å². The van der Waals surface area contributed by atoms with Crippen LogP contribution in [0.15, 0.2) is 37.1 Å². The highest BCUT2D eigenvalue weighted by atomic mass is 19.3. The molecule has 1 aliphatic rings. The molecule has 0 aliphatic carbocycles. The van der Waals surface area contributed by atoms with Crippen LogP contribution < -0.4 is 15.8 Å². The van der Waals surface area contributed by atoms with Gasteiger partial charge in [0.15, 0.2) is 23.0 Å². The Balaban J connectivity index is 1.49. The Labute approximate surface area is 235 Å². The van der Waals surface area contributed by atoms with Crippen LogP contribution in [0.2, 0.25) is 0 Å². The fourth-order valence-corrected chi connectivity index (χ4v) is 5.04. The normalized spacial score (nSPS) is 16.7. The Morgan fingerprint density at radius 1 is 1.24 bits per heavy atom. The van der Waals surface area contributed by atoms with E-state index in [2.05, 4.69) is 50.9 Å². The molecule has 5 heterocycles. The Morgan fingerprint density at radius 2 is 2.05 bits per heavy atom. The van der Waals surface area contributed by atoms with Crippen LogP contribution >= 0.6 is 0 Å². The number of nitrogens with two attached hydrogens (primary N) is 1. The number of pyridine rings is 1. The second-order valence-electron chi connectivity index (χ2n) is 10.9. The van der Waals surface area contributed by atoms with Crippen LogP contribution in [0.5, 0.6) is 5.75 Å². The van der Waals surface area contributed by atoms with Crippen LogP contribution in [0.1, 0.15) is 56.6 Å². The third-order valence-electron chi connectivity index (χ3n) is 7.04. The second kappa shape index (κ2) is 11.4. The van der Waals surface area contributed by atoms with Crippen LogP contribution in [-0.4, -0.2) is 65.5 Å². The van der Waals surface area contributed by atoms with Crippen LogP contribution in [0.4, 0.5) is 24.9 Å². The number of likely N-dealkylation sites (tertiary alicyclic amines) is 1. The summed E-state index contributed by atoms with van der Waals surface area (Å²) in [5, 5.41) is 8.01. The minimum Gasteiger partial charge on any atom is -0.451 e. The third kappa shape index (κ3) is 5.69. The van der Waals surface area contributed by atoms with E-state index in [1.165, 1.54) is 29.4 Å². The summed E-state index contributed by atoms with van der Waals surface area (Å²) in [5.41, 5.74) is 6.59. The summed E-state index contributed by atoms with van der Waals surface area (Å²) in [5.74, 6) is 0.677. The summed E-state index contributed by atoms with van der Waals surface area (Å²) in [6.45, 7) is 7.81. The highest BCUT2D eigenvalue weighted by molar-refractivity contribution is 5.82. The van der Waals surface area contributed by atoms with E-state index in [1.54, 1.807) is 7.05 Å². The Kier molecular flexibility index (Phi) is 7.84. The zero-order valence-corrected chi connectivity index (χ0v) is 23.4. The van der Waals surface area contributed by atoms with E-state index in [0.29, 0.717) is 18.9 Å². The summed E-state index contributed by atoms with van der Waals surface area (Å²) in [7, 11) is 1.62. The van der Waals surface area contributed by atoms with Gasteiger partial charge in [-0.2, -0.15) is 10.1 Å². The first kappa shape index (κ1) is 28.3. The van der Waals surface area contributed by atoms with Crippen molar-refractivity contribution in [1.29, 1.82) is 0 Å². The first-order valence-electron chi connectivity index (χ1n) is 13.3. The molecule has 14 heteroatoms. The van der Waals surface area contributed by atoms with Crippen LogP contribution in [0, 0.1) is 0 Å². The van der Waals surface area contributed by atoms with Gasteiger partial charge in [-0.05, 0) is 6.42 Å². The fourth-order valence-electron chi connectivity index (χ4n) is 5.04. The molecule has 0 bridgehead atoms. The predicted octanol–water partition coefficient (Wildman–Crippen LogP) is 4.49. The Morgan fingerprint density at radius 3 is 2.71 bits per heavy atom. The molecule has 4 aromatic rings. The summed E-state index contributed by atoms with van der Waals surface area (Å²) in [6, 6.07) is 2.03. The highest BCUT2D eigenvalue weighted by Gasteiger charge is 2.31. The molecule has 1 fully saturated rings. The molecule has 0 spiro atoms. The number of alkyl halides is 3. The molecular formula is C27H33F3N10O. The van der Waals surface area contributed by atoms with Crippen molar-refractivity contribution in [3.8, 4) is 5.75 Å². The van der Waals surface area contributed by atoms with E-state index in [4.69, 9.17) is 15.6 Å². The van der Waals surface area contributed by atoms with E-state index in [0.717, 1.165) is 24.9 Å². The van der Waals surface area contributed by atoms with Gasteiger partial charge in [0.1, 0.15) is 17.9 Å². The lowest BCUT2D eigenvalue weighted by atomic mass is 9.91. The molecule has 218 valence electrons.